The smallest absolute Gasteiger partial charge is 0.312 e. The normalized spacial score (nSPS) is 15.8. The fourth-order valence-electron chi connectivity index (χ4n) is 3.47. The maximum atomic E-state index is 12.8. The van der Waals surface area contributed by atoms with Gasteiger partial charge in [0.25, 0.3) is 0 Å². The molecular formula is C22H23N5O2S. The van der Waals surface area contributed by atoms with Crippen molar-refractivity contribution < 1.29 is 9.59 Å². The molecule has 1 atom stereocenters. The van der Waals surface area contributed by atoms with E-state index in [2.05, 4.69) is 20.8 Å². The van der Waals surface area contributed by atoms with Crippen LogP contribution < -0.4 is 10.6 Å². The molecule has 1 saturated heterocycles. The summed E-state index contributed by atoms with van der Waals surface area (Å²) in [6.07, 6.45) is 1.40. The van der Waals surface area contributed by atoms with Crippen molar-refractivity contribution >= 4 is 34.1 Å². The van der Waals surface area contributed by atoms with Gasteiger partial charge in [0.05, 0.1) is 0 Å². The lowest BCUT2D eigenvalue weighted by atomic mass is 10.1. The quantitative estimate of drug-likeness (QED) is 0.651. The van der Waals surface area contributed by atoms with E-state index in [4.69, 9.17) is 0 Å². The zero-order valence-electron chi connectivity index (χ0n) is 16.9. The first-order valence-electron chi connectivity index (χ1n) is 9.85. The molecule has 0 aliphatic carbocycles. The van der Waals surface area contributed by atoms with Crippen LogP contribution in [0.3, 0.4) is 0 Å². The number of benzene rings is 2. The SMILES string of the molecule is Cc1ccc(NC(=O)N2CCCC2C(=O)Nc2nnc(-c3cccc(C)c3)s2)cc1. The summed E-state index contributed by atoms with van der Waals surface area (Å²) in [6, 6.07) is 14.8. The molecule has 0 bridgehead atoms. The number of hydrogen-bond acceptors (Lipinski definition) is 5. The van der Waals surface area contributed by atoms with Crippen molar-refractivity contribution in [1.82, 2.24) is 15.1 Å². The number of nitrogens with one attached hydrogen (secondary N) is 2. The van der Waals surface area contributed by atoms with E-state index in [-0.39, 0.29) is 11.9 Å². The minimum absolute atomic E-state index is 0.238. The predicted molar refractivity (Wildman–Crippen MR) is 119 cm³/mol. The van der Waals surface area contributed by atoms with Crippen LogP contribution in [0.1, 0.15) is 24.0 Å². The number of urea groups is 1. The summed E-state index contributed by atoms with van der Waals surface area (Å²) >= 11 is 1.32. The van der Waals surface area contributed by atoms with E-state index in [1.165, 1.54) is 11.3 Å². The number of anilines is 2. The molecule has 30 heavy (non-hydrogen) atoms. The second-order valence-corrected chi connectivity index (χ2v) is 8.40. The van der Waals surface area contributed by atoms with Crippen LogP contribution in [-0.2, 0) is 4.79 Å². The van der Waals surface area contributed by atoms with E-state index in [0.29, 0.717) is 23.8 Å². The van der Waals surface area contributed by atoms with E-state index in [9.17, 15) is 9.59 Å². The van der Waals surface area contributed by atoms with Crippen LogP contribution in [0.4, 0.5) is 15.6 Å². The number of aromatic nitrogens is 2. The summed E-state index contributed by atoms with van der Waals surface area (Å²) in [5.41, 5.74) is 3.93. The largest absolute Gasteiger partial charge is 0.322 e. The Kier molecular flexibility index (Phi) is 5.76. The molecule has 2 N–H and O–H groups in total. The molecule has 2 aromatic carbocycles. The van der Waals surface area contributed by atoms with Crippen LogP contribution in [0.15, 0.2) is 48.5 Å². The average Bonchev–Trinajstić information content (AvgIpc) is 3.39. The number of aryl methyl sites for hydroxylation is 2. The van der Waals surface area contributed by atoms with Gasteiger partial charge < -0.3 is 10.2 Å². The summed E-state index contributed by atoms with van der Waals surface area (Å²) in [6.45, 7) is 4.55. The minimum atomic E-state index is -0.526. The van der Waals surface area contributed by atoms with Gasteiger partial charge in [0, 0.05) is 17.8 Å². The highest BCUT2D eigenvalue weighted by Gasteiger charge is 2.34. The molecule has 0 saturated carbocycles. The molecule has 154 valence electrons. The van der Waals surface area contributed by atoms with Crippen LogP contribution >= 0.6 is 11.3 Å². The van der Waals surface area contributed by atoms with Gasteiger partial charge in [-0.2, -0.15) is 0 Å². The van der Waals surface area contributed by atoms with Gasteiger partial charge in [0.2, 0.25) is 11.0 Å². The van der Waals surface area contributed by atoms with Crippen LogP contribution in [0, 0.1) is 13.8 Å². The Hall–Kier alpha value is -3.26. The number of hydrogen-bond donors (Lipinski definition) is 2. The van der Waals surface area contributed by atoms with Crippen LogP contribution in [0.25, 0.3) is 10.6 Å². The first kappa shape index (κ1) is 20.0. The Morgan fingerprint density at radius 2 is 1.83 bits per heavy atom. The summed E-state index contributed by atoms with van der Waals surface area (Å²) in [7, 11) is 0. The fraction of sp³-hybridized carbons (Fsp3) is 0.273. The maximum Gasteiger partial charge on any atom is 0.322 e. The van der Waals surface area contributed by atoms with Crippen molar-refractivity contribution in [3.05, 3.63) is 59.7 Å². The van der Waals surface area contributed by atoms with Gasteiger partial charge in [0.1, 0.15) is 11.0 Å². The molecule has 3 amide bonds. The molecule has 8 heteroatoms. The Morgan fingerprint density at radius 1 is 1.03 bits per heavy atom. The van der Waals surface area contributed by atoms with Crippen molar-refractivity contribution in [2.24, 2.45) is 0 Å². The highest BCUT2D eigenvalue weighted by atomic mass is 32.1. The van der Waals surface area contributed by atoms with E-state index in [1.807, 2.05) is 62.4 Å². The number of likely N-dealkylation sites (tertiary alicyclic amines) is 1. The monoisotopic (exact) mass is 421 g/mol. The fourth-order valence-corrected chi connectivity index (χ4v) is 4.21. The molecule has 1 fully saturated rings. The molecule has 1 aliphatic rings. The second-order valence-electron chi connectivity index (χ2n) is 7.42. The Morgan fingerprint density at radius 3 is 2.60 bits per heavy atom. The third-order valence-corrected chi connectivity index (χ3v) is 5.93. The summed E-state index contributed by atoms with van der Waals surface area (Å²) in [5.74, 6) is -0.238. The summed E-state index contributed by atoms with van der Waals surface area (Å²) in [5, 5.41) is 15.2. The van der Waals surface area contributed by atoms with E-state index in [1.54, 1.807) is 4.90 Å². The zero-order chi connectivity index (χ0) is 21.1. The lowest BCUT2D eigenvalue weighted by Gasteiger charge is -2.23. The van der Waals surface area contributed by atoms with Crippen molar-refractivity contribution in [1.29, 1.82) is 0 Å². The van der Waals surface area contributed by atoms with Gasteiger partial charge >= 0.3 is 6.03 Å². The first-order valence-corrected chi connectivity index (χ1v) is 10.7. The number of carbonyl (C=O) groups excluding carboxylic acids is 2. The lowest BCUT2D eigenvalue weighted by molar-refractivity contribution is -0.119. The summed E-state index contributed by atoms with van der Waals surface area (Å²) < 4.78 is 0. The van der Waals surface area contributed by atoms with E-state index >= 15 is 0 Å². The molecule has 1 unspecified atom stereocenters. The summed E-state index contributed by atoms with van der Waals surface area (Å²) in [4.78, 5) is 27.1. The number of nitrogens with zero attached hydrogens (tertiary/aromatic N) is 3. The van der Waals surface area contributed by atoms with E-state index < -0.39 is 6.04 Å². The van der Waals surface area contributed by atoms with Crippen molar-refractivity contribution in [2.75, 3.05) is 17.2 Å². The third kappa shape index (κ3) is 4.49. The highest BCUT2D eigenvalue weighted by molar-refractivity contribution is 7.18. The van der Waals surface area contributed by atoms with Crippen molar-refractivity contribution in [3.63, 3.8) is 0 Å². The van der Waals surface area contributed by atoms with Gasteiger partial charge in [-0.3, -0.25) is 10.1 Å². The molecule has 2 heterocycles. The second kappa shape index (κ2) is 8.62. The molecule has 3 aromatic rings. The molecule has 1 aliphatic heterocycles. The minimum Gasteiger partial charge on any atom is -0.312 e. The zero-order valence-corrected chi connectivity index (χ0v) is 17.7. The topological polar surface area (TPSA) is 87.2 Å². The first-order chi connectivity index (χ1) is 14.5. The molecular weight excluding hydrogens is 398 g/mol. The lowest BCUT2D eigenvalue weighted by Crippen LogP contribution is -2.45. The Bertz CT molecular complexity index is 1060. The molecule has 0 radical (unpaired) electrons. The molecule has 1 aromatic heterocycles. The van der Waals surface area contributed by atoms with Crippen LogP contribution in [0.5, 0.6) is 0 Å². The number of carbonyl (C=O) groups is 2. The van der Waals surface area contributed by atoms with Crippen molar-refractivity contribution in [3.8, 4) is 10.6 Å². The van der Waals surface area contributed by atoms with Crippen LogP contribution in [0.2, 0.25) is 0 Å². The Labute approximate surface area is 179 Å². The van der Waals surface area contributed by atoms with E-state index in [0.717, 1.165) is 28.1 Å². The van der Waals surface area contributed by atoms with Crippen molar-refractivity contribution in [2.45, 2.75) is 32.7 Å². The standard InChI is InChI=1S/C22H23N5O2S/c1-14-8-10-17(11-9-14)23-22(29)27-12-4-7-18(27)19(28)24-21-26-25-20(30-21)16-6-3-5-15(2)13-16/h3,5-6,8-11,13,18H,4,7,12H2,1-2H3,(H,23,29)(H,24,26,28). The Balaban J connectivity index is 1.41. The molecule has 0 spiro atoms. The van der Waals surface area contributed by atoms with Gasteiger partial charge in [-0.05, 0) is 44.9 Å². The average molecular weight is 422 g/mol. The molecule has 7 nitrogen and oxygen atoms in total. The van der Waals surface area contributed by atoms with Gasteiger partial charge in [-0.25, -0.2) is 4.79 Å². The maximum absolute atomic E-state index is 12.8. The highest BCUT2D eigenvalue weighted by Crippen LogP contribution is 2.28. The van der Waals surface area contributed by atoms with Gasteiger partial charge in [0.15, 0.2) is 0 Å². The predicted octanol–water partition coefficient (Wildman–Crippen LogP) is 4.46. The van der Waals surface area contributed by atoms with Gasteiger partial charge in [-0.15, -0.1) is 10.2 Å². The number of amides is 3. The third-order valence-electron chi connectivity index (χ3n) is 5.04. The van der Waals surface area contributed by atoms with Gasteiger partial charge in [-0.1, -0.05) is 52.8 Å². The number of rotatable bonds is 4. The molecule has 4 rings (SSSR count). The van der Waals surface area contributed by atoms with Crippen LogP contribution in [-0.4, -0.2) is 39.6 Å².